The SMILES string of the molecule is COC(=O)c1ccc2c(c1F)CCC(C1CCC3CC(C)CCC3C1)C2. The molecule has 0 aromatic heterocycles. The average Bonchev–Trinajstić information content (AvgIpc) is 2.67. The van der Waals surface area contributed by atoms with Gasteiger partial charge in [0.2, 0.25) is 0 Å². The second-order valence-electron chi connectivity index (χ2n) is 9.07. The number of carbonyl (C=O) groups excluding carboxylic acids is 1. The van der Waals surface area contributed by atoms with Gasteiger partial charge in [0.15, 0.2) is 0 Å². The molecular formula is C23H31FO2. The molecule has 0 radical (unpaired) electrons. The molecule has 0 bridgehead atoms. The molecule has 0 amide bonds. The van der Waals surface area contributed by atoms with Gasteiger partial charge in [0.05, 0.1) is 12.7 Å². The number of fused-ring (bicyclic) bond motifs is 2. The van der Waals surface area contributed by atoms with Gasteiger partial charge in [-0.05, 0) is 98.1 Å². The predicted octanol–water partition coefficient (Wildman–Crippen LogP) is 5.57. The van der Waals surface area contributed by atoms with Crippen LogP contribution in [0.4, 0.5) is 4.39 Å². The van der Waals surface area contributed by atoms with Crippen molar-refractivity contribution < 1.29 is 13.9 Å². The summed E-state index contributed by atoms with van der Waals surface area (Å²) in [6.07, 6.45) is 11.2. The van der Waals surface area contributed by atoms with Crippen molar-refractivity contribution in [3.8, 4) is 0 Å². The number of hydrogen-bond acceptors (Lipinski definition) is 2. The Morgan fingerprint density at radius 1 is 1.00 bits per heavy atom. The van der Waals surface area contributed by atoms with E-state index in [0.29, 0.717) is 5.92 Å². The molecule has 3 heteroatoms. The van der Waals surface area contributed by atoms with Gasteiger partial charge in [-0.1, -0.05) is 19.4 Å². The van der Waals surface area contributed by atoms with Crippen LogP contribution in [0.1, 0.15) is 73.4 Å². The van der Waals surface area contributed by atoms with E-state index in [1.807, 2.05) is 6.07 Å². The van der Waals surface area contributed by atoms with E-state index in [1.54, 1.807) is 6.07 Å². The first-order valence-corrected chi connectivity index (χ1v) is 10.4. The van der Waals surface area contributed by atoms with Crippen LogP contribution < -0.4 is 0 Å². The van der Waals surface area contributed by atoms with Crippen molar-refractivity contribution >= 4 is 5.97 Å². The summed E-state index contributed by atoms with van der Waals surface area (Å²) in [6.45, 7) is 2.41. The molecule has 0 saturated heterocycles. The lowest BCUT2D eigenvalue weighted by atomic mass is 9.61. The first-order valence-electron chi connectivity index (χ1n) is 10.4. The molecule has 0 spiro atoms. The number of esters is 1. The molecule has 26 heavy (non-hydrogen) atoms. The van der Waals surface area contributed by atoms with Crippen molar-refractivity contribution in [2.75, 3.05) is 7.11 Å². The largest absolute Gasteiger partial charge is 0.465 e. The van der Waals surface area contributed by atoms with Crippen molar-refractivity contribution in [2.24, 2.45) is 29.6 Å². The Balaban J connectivity index is 1.46. The molecule has 4 rings (SSSR count). The van der Waals surface area contributed by atoms with Crippen LogP contribution in [0.2, 0.25) is 0 Å². The van der Waals surface area contributed by atoms with Gasteiger partial charge in [0.25, 0.3) is 0 Å². The molecule has 1 aromatic carbocycles. The molecule has 2 fully saturated rings. The van der Waals surface area contributed by atoms with Crippen LogP contribution in [-0.2, 0) is 17.6 Å². The normalized spacial score (nSPS) is 33.9. The molecule has 3 aliphatic rings. The molecule has 3 aliphatic carbocycles. The molecule has 142 valence electrons. The van der Waals surface area contributed by atoms with Crippen LogP contribution in [0.3, 0.4) is 0 Å². The van der Waals surface area contributed by atoms with E-state index in [-0.39, 0.29) is 11.4 Å². The highest BCUT2D eigenvalue weighted by Crippen LogP contribution is 2.48. The summed E-state index contributed by atoms with van der Waals surface area (Å²) in [5.41, 5.74) is 1.96. The fraction of sp³-hybridized carbons (Fsp3) is 0.696. The van der Waals surface area contributed by atoms with Gasteiger partial charge in [0, 0.05) is 0 Å². The fourth-order valence-corrected chi connectivity index (χ4v) is 6.10. The maximum Gasteiger partial charge on any atom is 0.340 e. The standard InChI is InChI=1S/C23H31FO2/c1-14-3-4-16-12-17(6-5-15(16)11-14)18-7-9-20-19(13-18)8-10-21(22(20)24)23(25)26-2/h8,10,14-18H,3-7,9,11-13H2,1-2H3. The molecule has 5 atom stereocenters. The van der Waals surface area contributed by atoms with E-state index in [1.165, 1.54) is 45.6 Å². The maximum absolute atomic E-state index is 14.7. The van der Waals surface area contributed by atoms with Crippen molar-refractivity contribution in [3.63, 3.8) is 0 Å². The average molecular weight is 358 g/mol. The predicted molar refractivity (Wildman–Crippen MR) is 101 cm³/mol. The summed E-state index contributed by atoms with van der Waals surface area (Å²) in [6, 6.07) is 3.58. The van der Waals surface area contributed by atoms with E-state index < -0.39 is 5.97 Å². The highest BCUT2D eigenvalue weighted by molar-refractivity contribution is 5.90. The summed E-state index contributed by atoms with van der Waals surface area (Å²) in [4.78, 5) is 11.7. The van der Waals surface area contributed by atoms with Crippen LogP contribution in [0.5, 0.6) is 0 Å². The van der Waals surface area contributed by atoms with Gasteiger partial charge in [-0.3, -0.25) is 0 Å². The highest BCUT2D eigenvalue weighted by atomic mass is 19.1. The van der Waals surface area contributed by atoms with E-state index in [0.717, 1.165) is 54.1 Å². The molecule has 1 aromatic rings. The first-order chi connectivity index (χ1) is 12.6. The number of benzene rings is 1. The number of methoxy groups -OCH3 is 1. The maximum atomic E-state index is 14.7. The van der Waals surface area contributed by atoms with E-state index in [4.69, 9.17) is 4.74 Å². The number of carbonyl (C=O) groups is 1. The zero-order chi connectivity index (χ0) is 18.3. The van der Waals surface area contributed by atoms with Crippen LogP contribution >= 0.6 is 0 Å². The quantitative estimate of drug-likeness (QED) is 0.646. The lowest BCUT2D eigenvalue weighted by Crippen LogP contribution is -2.34. The first kappa shape index (κ1) is 18.0. The zero-order valence-electron chi connectivity index (χ0n) is 16.1. The van der Waals surface area contributed by atoms with Gasteiger partial charge < -0.3 is 4.74 Å². The topological polar surface area (TPSA) is 26.3 Å². The summed E-state index contributed by atoms with van der Waals surface area (Å²) < 4.78 is 19.4. The lowest BCUT2D eigenvalue weighted by Gasteiger charge is -2.44. The van der Waals surface area contributed by atoms with Crippen LogP contribution in [0.25, 0.3) is 0 Å². The minimum atomic E-state index is -0.572. The van der Waals surface area contributed by atoms with E-state index >= 15 is 0 Å². The Morgan fingerprint density at radius 3 is 2.46 bits per heavy atom. The van der Waals surface area contributed by atoms with Crippen LogP contribution in [0.15, 0.2) is 12.1 Å². The second kappa shape index (κ2) is 7.32. The second-order valence-corrected chi connectivity index (χ2v) is 9.07. The lowest BCUT2D eigenvalue weighted by molar-refractivity contribution is 0.0594. The smallest absolute Gasteiger partial charge is 0.340 e. The number of ether oxygens (including phenoxy) is 1. The Kier molecular flexibility index (Phi) is 5.07. The summed E-state index contributed by atoms with van der Waals surface area (Å²) in [7, 11) is 1.31. The molecule has 2 nitrogen and oxygen atoms in total. The molecular weight excluding hydrogens is 327 g/mol. The summed E-state index contributed by atoms with van der Waals surface area (Å²) >= 11 is 0. The van der Waals surface area contributed by atoms with Gasteiger partial charge in [-0.15, -0.1) is 0 Å². The van der Waals surface area contributed by atoms with E-state index in [2.05, 4.69) is 6.92 Å². The molecule has 0 heterocycles. The Morgan fingerprint density at radius 2 is 1.69 bits per heavy atom. The van der Waals surface area contributed by atoms with Crippen molar-refractivity contribution in [3.05, 3.63) is 34.6 Å². The van der Waals surface area contributed by atoms with E-state index in [9.17, 15) is 9.18 Å². The third kappa shape index (κ3) is 3.30. The number of hydrogen-bond donors (Lipinski definition) is 0. The van der Waals surface area contributed by atoms with Gasteiger partial charge in [-0.2, -0.15) is 0 Å². The fourth-order valence-electron chi connectivity index (χ4n) is 6.10. The van der Waals surface area contributed by atoms with Crippen molar-refractivity contribution in [1.82, 2.24) is 0 Å². The Labute approximate surface area is 156 Å². The van der Waals surface area contributed by atoms with Crippen LogP contribution in [-0.4, -0.2) is 13.1 Å². The van der Waals surface area contributed by atoms with Gasteiger partial charge in [0.1, 0.15) is 5.82 Å². The minimum Gasteiger partial charge on any atom is -0.465 e. The third-order valence-corrected chi connectivity index (χ3v) is 7.58. The van der Waals surface area contributed by atoms with Crippen molar-refractivity contribution in [1.29, 1.82) is 0 Å². The highest BCUT2D eigenvalue weighted by Gasteiger charge is 2.38. The number of rotatable bonds is 2. The van der Waals surface area contributed by atoms with Crippen molar-refractivity contribution in [2.45, 2.75) is 64.7 Å². The number of halogens is 1. The summed E-state index contributed by atoms with van der Waals surface area (Å²) in [5, 5.41) is 0. The monoisotopic (exact) mass is 358 g/mol. The molecule has 0 N–H and O–H groups in total. The molecule has 0 aliphatic heterocycles. The summed E-state index contributed by atoms with van der Waals surface area (Å²) in [5.74, 6) is 3.39. The van der Waals surface area contributed by atoms with Crippen LogP contribution in [0, 0.1) is 35.4 Å². The zero-order valence-corrected chi connectivity index (χ0v) is 16.1. The minimum absolute atomic E-state index is 0.0848. The third-order valence-electron chi connectivity index (χ3n) is 7.58. The molecule has 2 saturated carbocycles. The van der Waals surface area contributed by atoms with Gasteiger partial charge >= 0.3 is 5.97 Å². The van der Waals surface area contributed by atoms with Gasteiger partial charge in [-0.25, -0.2) is 9.18 Å². The molecule has 5 unspecified atom stereocenters. The Hall–Kier alpha value is -1.38. The Bertz CT molecular complexity index is 683.